The molecule has 0 aliphatic carbocycles. The van der Waals surface area contributed by atoms with Crippen LogP contribution in [-0.4, -0.2) is 11.5 Å². The molecule has 0 aromatic carbocycles. The molecule has 70 valence electrons. The highest BCUT2D eigenvalue weighted by molar-refractivity contribution is 9.10. The van der Waals surface area contributed by atoms with Gasteiger partial charge in [-0.2, -0.15) is 0 Å². The third kappa shape index (κ3) is 4.20. The summed E-state index contributed by atoms with van der Waals surface area (Å²) >= 11 is 3.34. The van der Waals surface area contributed by atoms with E-state index in [9.17, 15) is 0 Å². The van der Waals surface area contributed by atoms with Gasteiger partial charge >= 0.3 is 0 Å². The Balaban J connectivity index is 2.28. The smallest absolute Gasteiger partial charge is 0.0542 e. The number of hydrogen-bond acceptors (Lipinski definition) is 2. The van der Waals surface area contributed by atoms with Crippen molar-refractivity contribution in [3.8, 4) is 0 Å². The minimum atomic E-state index is 0.821. The second-order valence-electron chi connectivity index (χ2n) is 2.72. The zero-order valence-corrected chi connectivity index (χ0v) is 9.05. The van der Waals surface area contributed by atoms with E-state index in [-0.39, 0.29) is 0 Å². The first kappa shape index (κ1) is 10.4. The van der Waals surface area contributed by atoms with E-state index in [1.165, 1.54) is 0 Å². The Morgan fingerprint density at radius 2 is 2.38 bits per heavy atom. The van der Waals surface area contributed by atoms with Crippen LogP contribution in [0.2, 0.25) is 0 Å². The molecule has 3 heteroatoms. The van der Waals surface area contributed by atoms with Crippen LogP contribution in [0.15, 0.2) is 35.5 Å². The largest absolute Gasteiger partial charge is 0.311 e. The molecule has 0 atom stereocenters. The maximum Gasteiger partial charge on any atom is 0.0542 e. The fourth-order valence-electron chi connectivity index (χ4n) is 0.932. The standard InChI is InChI=1S/C10H13BrN2/c1-2-3-6-12-8-10-5-4-9(11)7-13-10/h2,4-5,7,12H,1,3,6,8H2. The fourth-order valence-corrected chi connectivity index (χ4v) is 1.17. The van der Waals surface area contributed by atoms with Crippen LogP contribution in [-0.2, 0) is 6.54 Å². The molecule has 1 N–H and O–H groups in total. The van der Waals surface area contributed by atoms with Crippen molar-refractivity contribution in [1.82, 2.24) is 10.3 Å². The average molecular weight is 241 g/mol. The van der Waals surface area contributed by atoms with Crippen LogP contribution in [0.3, 0.4) is 0 Å². The van der Waals surface area contributed by atoms with Crippen LogP contribution in [0.4, 0.5) is 0 Å². The number of hydrogen-bond donors (Lipinski definition) is 1. The van der Waals surface area contributed by atoms with E-state index in [2.05, 4.69) is 32.8 Å². The van der Waals surface area contributed by atoms with Gasteiger partial charge in [0.2, 0.25) is 0 Å². The summed E-state index contributed by atoms with van der Waals surface area (Å²) in [6.07, 6.45) is 4.71. The summed E-state index contributed by atoms with van der Waals surface area (Å²) in [7, 11) is 0. The van der Waals surface area contributed by atoms with Crippen molar-refractivity contribution in [2.75, 3.05) is 6.54 Å². The topological polar surface area (TPSA) is 24.9 Å². The lowest BCUT2D eigenvalue weighted by Crippen LogP contribution is -2.14. The lowest BCUT2D eigenvalue weighted by Gasteiger charge is -2.01. The minimum Gasteiger partial charge on any atom is -0.311 e. The van der Waals surface area contributed by atoms with E-state index in [1.54, 1.807) is 0 Å². The molecule has 1 aromatic heterocycles. The Bertz CT molecular complexity index is 256. The Morgan fingerprint density at radius 1 is 1.54 bits per heavy atom. The quantitative estimate of drug-likeness (QED) is 0.632. The molecular formula is C10H13BrN2. The lowest BCUT2D eigenvalue weighted by molar-refractivity contribution is 0.682. The predicted molar refractivity (Wildman–Crippen MR) is 58.5 cm³/mol. The van der Waals surface area contributed by atoms with Gasteiger partial charge in [-0.3, -0.25) is 4.98 Å². The molecule has 0 amide bonds. The van der Waals surface area contributed by atoms with Gasteiger partial charge in [-0.1, -0.05) is 6.08 Å². The highest BCUT2D eigenvalue weighted by Crippen LogP contribution is 2.06. The lowest BCUT2D eigenvalue weighted by atomic mass is 10.3. The highest BCUT2D eigenvalue weighted by Gasteiger charge is 1.92. The molecule has 1 rings (SSSR count). The van der Waals surface area contributed by atoms with E-state index in [0.717, 1.165) is 29.7 Å². The van der Waals surface area contributed by atoms with Crippen molar-refractivity contribution in [1.29, 1.82) is 0 Å². The number of nitrogens with one attached hydrogen (secondary N) is 1. The highest BCUT2D eigenvalue weighted by atomic mass is 79.9. The van der Waals surface area contributed by atoms with Gasteiger partial charge in [0.15, 0.2) is 0 Å². The van der Waals surface area contributed by atoms with Gasteiger partial charge in [-0.05, 0) is 41.0 Å². The zero-order valence-electron chi connectivity index (χ0n) is 7.46. The van der Waals surface area contributed by atoms with Crippen LogP contribution in [0.1, 0.15) is 12.1 Å². The molecule has 0 fully saturated rings. The van der Waals surface area contributed by atoms with Crippen LogP contribution >= 0.6 is 15.9 Å². The number of halogens is 1. The van der Waals surface area contributed by atoms with Crippen LogP contribution < -0.4 is 5.32 Å². The summed E-state index contributed by atoms with van der Waals surface area (Å²) in [5.41, 5.74) is 1.06. The van der Waals surface area contributed by atoms with Crippen LogP contribution in [0.5, 0.6) is 0 Å². The number of pyridine rings is 1. The van der Waals surface area contributed by atoms with Gasteiger partial charge in [0, 0.05) is 17.2 Å². The van der Waals surface area contributed by atoms with Crippen LogP contribution in [0.25, 0.3) is 0 Å². The summed E-state index contributed by atoms with van der Waals surface area (Å²) in [4.78, 5) is 4.24. The van der Waals surface area contributed by atoms with Crippen molar-refractivity contribution in [3.63, 3.8) is 0 Å². The monoisotopic (exact) mass is 240 g/mol. The van der Waals surface area contributed by atoms with Crippen molar-refractivity contribution in [2.45, 2.75) is 13.0 Å². The van der Waals surface area contributed by atoms with E-state index in [1.807, 2.05) is 24.4 Å². The SMILES string of the molecule is C=CCCNCc1ccc(Br)cn1. The van der Waals surface area contributed by atoms with Gasteiger partial charge in [-0.25, -0.2) is 0 Å². The predicted octanol–water partition coefficient (Wildman–Crippen LogP) is 2.51. The molecule has 0 aliphatic rings. The Morgan fingerprint density at radius 3 is 3.00 bits per heavy atom. The van der Waals surface area contributed by atoms with E-state index in [0.29, 0.717) is 0 Å². The third-order valence-corrected chi connectivity index (χ3v) is 2.09. The maximum absolute atomic E-state index is 4.24. The molecule has 0 radical (unpaired) electrons. The molecule has 0 aliphatic heterocycles. The van der Waals surface area contributed by atoms with E-state index < -0.39 is 0 Å². The molecule has 0 bridgehead atoms. The molecule has 13 heavy (non-hydrogen) atoms. The minimum absolute atomic E-state index is 0.821. The first-order chi connectivity index (χ1) is 6.33. The first-order valence-electron chi connectivity index (χ1n) is 4.25. The number of nitrogens with zero attached hydrogens (tertiary/aromatic N) is 1. The summed E-state index contributed by atoms with van der Waals surface area (Å²) < 4.78 is 1.02. The first-order valence-corrected chi connectivity index (χ1v) is 5.04. The maximum atomic E-state index is 4.24. The Labute approximate surface area is 87.2 Å². The second-order valence-corrected chi connectivity index (χ2v) is 3.64. The molecule has 1 aromatic rings. The summed E-state index contributed by atoms with van der Waals surface area (Å²) in [6, 6.07) is 4.00. The molecular weight excluding hydrogens is 228 g/mol. The third-order valence-electron chi connectivity index (χ3n) is 1.62. The average Bonchev–Trinajstić information content (AvgIpc) is 2.15. The molecule has 0 saturated carbocycles. The fraction of sp³-hybridized carbons (Fsp3) is 0.300. The molecule has 0 spiro atoms. The van der Waals surface area contributed by atoms with Crippen LogP contribution in [0, 0.1) is 0 Å². The van der Waals surface area contributed by atoms with Crippen molar-refractivity contribution in [2.24, 2.45) is 0 Å². The summed E-state index contributed by atoms with van der Waals surface area (Å²) in [5.74, 6) is 0. The van der Waals surface area contributed by atoms with Crippen molar-refractivity contribution in [3.05, 3.63) is 41.2 Å². The van der Waals surface area contributed by atoms with E-state index >= 15 is 0 Å². The molecule has 1 heterocycles. The van der Waals surface area contributed by atoms with E-state index in [4.69, 9.17) is 0 Å². The normalized spacial score (nSPS) is 9.92. The number of rotatable bonds is 5. The van der Waals surface area contributed by atoms with Gasteiger partial charge in [0.25, 0.3) is 0 Å². The molecule has 0 saturated heterocycles. The van der Waals surface area contributed by atoms with Crippen molar-refractivity contribution >= 4 is 15.9 Å². The molecule has 2 nitrogen and oxygen atoms in total. The van der Waals surface area contributed by atoms with Gasteiger partial charge in [-0.15, -0.1) is 6.58 Å². The summed E-state index contributed by atoms with van der Waals surface area (Å²) in [6.45, 7) is 5.44. The second kappa shape index (κ2) is 5.89. The van der Waals surface area contributed by atoms with Gasteiger partial charge < -0.3 is 5.32 Å². The van der Waals surface area contributed by atoms with Gasteiger partial charge in [0.05, 0.1) is 5.69 Å². The number of aromatic nitrogens is 1. The Kier molecular flexibility index (Phi) is 4.72. The van der Waals surface area contributed by atoms with Crippen molar-refractivity contribution < 1.29 is 0 Å². The van der Waals surface area contributed by atoms with Gasteiger partial charge in [0.1, 0.15) is 0 Å². The Hall–Kier alpha value is -0.670. The summed E-state index contributed by atoms with van der Waals surface area (Å²) in [5, 5.41) is 3.27. The molecule has 0 unspecified atom stereocenters. The zero-order chi connectivity index (χ0) is 9.52.